The monoisotopic (exact) mass is 483 g/mol. The van der Waals surface area contributed by atoms with Gasteiger partial charge in [0.1, 0.15) is 0 Å². The van der Waals surface area contributed by atoms with Crippen molar-refractivity contribution in [1.82, 2.24) is 14.7 Å². The van der Waals surface area contributed by atoms with Crippen molar-refractivity contribution in [1.29, 1.82) is 0 Å². The fourth-order valence-electron chi connectivity index (χ4n) is 3.71. The van der Waals surface area contributed by atoms with E-state index in [2.05, 4.69) is 4.90 Å². The Hall–Kier alpha value is -2.91. The standard InChI is InChI=1S/C27H37N3O5/c1-20(2)34-19-23(31)17-29(15-16-32-4)18-24-21(3)28-30(22-11-7-6-8-12-22)27(24)35-26-14-10-9-13-25(26)33-5/h6-14,20,23,31H,15-19H2,1-5H3/t23-/m1/s1. The molecular formula is C27H37N3O5. The van der Waals surface area contributed by atoms with Gasteiger partial charge in [-0.2, -0.15) is 5.10 Å². The van der Waals surface area contributed by atoms with Gasteiger partial charge < -0.3 is 24.1 Å². The van der Waals surface area contributed by atoms with E-state index in [9.17, 15) is 5.11 Å². The van der Waals surface area contributed by atoms with E-state index in [-0.39, 0.29) is 12.7 Å². The highest BCUT2D eigenvalue weighted by atomic mass is 16.5. The number of hydrogen-bond acceptors (Lipinski definition) is 7. The van der Waals surface area contributed by atoms with Gasteiger partial charge in [0.15, 0.2) is 11.5 Å². The minimum absolute atomic E-state index is 0.0595. The van der Waals surface area contributed by atoms with E-state index in [1.807, 2.05) is 80.1 Å². The zero-order valence-electron chi connectivity index (χ0n) is 21.3. The molecule has 0 fully saturated rings. The maximum atomic E-state index is 10.6. The summed E-state index contributed by atoms with van der Waals surface area (Å²) in [6.07, 6.45) is -0.568. The zero-order valence-corrected chi connectivity index (χ0v) is 21.3. The summed E-state index contributed by atoms with van der Waals surface area (Å²) in [5.41, 5.74) is 2.66. The Morgan fingerprint density at radius 3 is 2.34 bits per heavy atom. The quantitative estimate of drug-likeness (QED) is 0.368. The van der Waals surface area contributed by atoms with E-state index in [1.54, 1.807) is 14.2 Å². The third kappa shape index (κ3) is 7.53. The Morgan fingerprint density at radius 1 is 1.00 bits per heavy atom. The predicted octanol–water partition coefficient (Wildman–Crippen LogP) is 4.22. The average Bonchev–Trinajstić information content (AvgIpc) is 3.16. The van der Waals surface area contributed by atoms with Crippen LogP contribution < -0.4 is 9.47 Å². The Morgan fingerprint density at radius 2 is 1.69 bits per heavy atom. The number of benzene rings is 2. The van der Waals surface area contributed by atoms with Crippen molar-refractivity contribution in [2.45, 2.75) is 39.5 Å². The normalized spacial score (nSPS) is 12.3. The summed E-state index contributed by atoms with van der Waals surface area (Å²) >= 11 is 0. The van der Waals surface area contributed by atoms with Crippen LogP contribution in [0.1, 0.15) is 25.1 Å². The first-order chi connectivity index (χ1) is 16.9. The fraction of sp³-hybridized carbons (Fsp3) is 0.444. The first-order valence-electron chi connectivity index (χ1n) is 11.9. The lowest BCUT2D eigenvalue weighted by Gasteiger charge is -2.25. The number of aromatic nitrogens is 2. The maximum absolute atomic E-state index is 10.6. The molecule has 0 saturated carbocycles. The van der Waals surface area contributed by atoms with Crippen LogP contribution in [-0.2, 0) is 16.0 Å². The molecule has 8 heteroatoms. The smallest absolute Gasteiger partial charge is 0.227 e. The number of hydrogen-bond donors (Lipinski definition) is 1. The maximum Gasteiger partial charge on any atom is 0.227 e. The molecule has 1 N–H and O–H groups in total. The summed E-state index contributed by atoms with van der Waals surface area (Å²) in [5, 5.41) is 15.4. The molecule has 0 spiro atoms. The van der Waals surface area contributed by atoms with Gasteiger partial charge in [-0.1, -0.05) is 30.3 Å². The van der Waals surface area contributed by atoms with E-state index in [1.165, 1.54) is 0 Å². The lowest BCUT2D eigenvalue weighted by atomic mass is 10.2. The van der Waals surface area contributed by atoms with Crippen LogP contribution in [0.5, 0.6) is 17.4 Å². The molecule has 1 heterocycles. The highest BCUT2D eigenvalue weighted by Gasteiger charge is 2.23. The second-order valence-corrected chi connectivity index (χ2v) is 8.63. The summed E-state index contributed by atoms with van der Waals surface area (Å²) in [4.78, 5) is 2.13. The first kappa shape index (κ1) is 26.7. The van der Waals surface area contributed by atoms with Crippen molar-refractivity contribution in [3.8, 4) is 23.1 Å². The molecule has 2 aromatic carbocycles. The van der Waals surface area contributed by atoms with Crippen molar-refractivity contribution in [3.05, 3.63) is 65.9 Å². The van der Waals surface area contributed by atoms with Crippen molar-refractivity contribution in [2.75, 3.05) is 40.5 Å². The van der Waals surface area contributed by atoms with Gasteiger partial charge in [0.05, 0.1) is 49.5 Å². The Kier molecular flexibility index (Phi) is 10.1. The van der Waals surface area contributed by atoms with E-state index in [4.69, 9.17) is 24.0 Å². The summed E-state index contributed by atoms with van der Waals surface area (Å²) < 4.78 is 24.7. The molecule has 0 amide bonds. The van der Waals surface area contributed by atoms with Crippen molar-refractivity contribution >= 4 is 0 Å². The number of aliphatic hydroxyl groups excluding tert-OH is 1. The minimum atomic E-state index is -0.627. The van der Waals surface area contributed by atoms with Crippen LogP contribution in [-0.4, -0.2) is 72.5 Å². The molecule has 3 rings (SSSR count). The molecule has 0 aliphatic heterocycles. The number of nitrogens with zero attached hydrogens (tertiary/aromatic N) is 3. The van der Waals surface area contributed by atoms with Crippen LogP contribution in [0.3, 0.4) is 0 Å². The second kappa shape index (κ2) is 13.3. The van der Waals surface area contributed by atoms with Crippen LogP contribution in [0.15, 0.2) is 54.6 Å². The minimum Gasteiger partial charge on any atom is -0.493 e. The van der Waals surface area contributed by atoms with Crippen LogP contribution in [0.2, 0.25) is 0 Å². The summed E-state index contributed by atoms with van der Waals surface area (Å²) in [7, 11) is 3.29. The Bertz CT molecular complexity index is 1040. The fourth-order valence-corrected chi connectivity index (χ4v) is 3.71. The molecule has 0 radical (unpaired) electrons. The molecule has 0 aliphatic rings. The van der Waals surface area contributed by atoms with Gasteiger partial charge in [0, 0.05) is 26.7 Å². The molecule has 35 heavy (non-hydrogen) atoms. The number of aliphatic hydroxyl groups is 1. The Balaban J connectivity index is 1.96. The Labute approximate surface area is 208 Å². The summed E-state index contributed by atoms with van der Waals surface area (Å²) in [6.45, 7) is 8.28. The lowest BCUT2D eigenvalue weighted by molar-refractivity contribution is -0.0122. The van der Waals surface area contributed by atoms with Gasteiger partial charge in [0.2, 0.25) is 5.88 Å². The van der Waals surface area contributed by atoms with Gasteiger partial charge in [-0.25, -0.2) is 4.68 Å². The van der Waals surface area contributed by atoms with Crippen LogP contribution in [0.25, 0.3) is 5.69 Å². The zero-order chi connectivity index (χ0) is 25.2. The molecule has 0 bridgehead atoms. The van der Waals surface area contributed by atoms with Gasteiger partial charge in [-0.15, -0.1) is 0 Å². The number of ether oxygens (including phenoxy) is 4. The SMILES string of the molecule is COCCN(Cc1c(C)nn(-c2ccccc2)c1Oc1ccccc1OC)C[C@@H](O)COC(C)C. The highest BCUT2D eigenvalue weighted by molar-refractivity contribution is 5.47. The van der Waals surface area contributed by atoms with Crippen LogP contribution in [0.4, 0.5) is 0 Å². The van der Waals surface area contributed by atoms with Crippen molar-refractivity contribution in [3.63, 3.8) is 0 Å². The van der Waals surface area contributed by atoms with E-state index in [0.717, 1.165) is 16.9 Å². The second-order valence-electron chi connectivity index (χ2n) is 8.63. The molecule has 1 aromatic heterocycles. The summed E-state index contributed by atoms with van der Waals surface area (Å²) in [5.74, 6) is 1.84. The van der Waals surface area contributed by atoms with Gasteiger partial charge >= 0.3 is 0 Å². The predicted molar refractivity (Wildman–Crippen MR) is 136 cm³/mol. The molecule has 0 unspecified atom stereocenters. The number of aryl methyl sites for hydroxylation is 1. The van der Waals surface area contributed by atoms with E-state index in [0.29, 0.717) is 43.6 Å². The molecule has 3 aromatic rings. The topological polar surface area (TPSA) is 78.2 Å². The van der Waals surface area contributed by atoms with Crippen LogP contribution >= 0.6 is 0 Å². The molecule has 8 nitrogen and oxygen atoms in total. The first-order valence-corrected chi connectivity index (χ1v) is 11.9. The molecular weight excluding hydrogens is 446 g/mol. The summed E-state index contributed by atoms with van der Waals surface area (Å²) in [6, 6.07) is 17.4. The van der Waals surface area contributed by atoms with Crippen molar-refractivity contribution < 1.29 is 24.1 Å². The van der Waals surface area contributed by atoms with Crippen LogP contribution in [0, 0.1) is 6.92 Å². The molecule has 190 valence electrons. The molecule has 0 aliphatic carbocycles. The number of rotatable bonds is 14. The average molecular weight is 484 g/mol. The van der Waals surface area contributed by atoms with E-state index >= 15 is 0 Å². The van der Waals surface area contributed by atoms with E-state index < -0.39 is 6.10 Å². The largest absolute Gasteiger partial charge is 0.493 e. The number of methoxy groups -OCH3 is 2. The van der Waals surface area contributed by atoms with Crippen molar-refractivity contribution in [2.24, 2.45) is 0 Å². The highest BCUT2D eigenvalue weighted by Crippen LogP contribution is 2.36. The third-order valence-electron chi connectivity index (χ3n) is 5.50. The van der Waals surface area contributed by atoms with Gasteiger partial charge in [-0.3, -0.25) is 4.90 Å². The number of para-hydroxylation sites is 3. The lowest BCUT2D eigenvalue weighted by Crippen LogP contribution is -2.37. The van der Waals surface area contributed by atoms with Gasteiger partial charge in [-0.05, 0) is 45.0 Å². The molecule has 1 atom stereocenters. The third-order valence-corrected chi connectivity index (χ3v) is 5.50. The molecule has 0 saturated heterocycles. The van der Waals surface area contributed by atoms with Gasteiger partial charge in [0.25, 0.3) is 0 Å².